The van der Waals surface area contributed by atoms with Gasteiger partial charge < -0.3 is 14.7 Å². The second-order valence-electron chi connectivity index (χ2n) is 7.40. The Labute approximate surface area is 148 Å². The maximum Gasteiger partial charge on any atom is 0.230 e. The lowest BCUT2D eigenvalue weighted by molar-refractivity contribution is -0.126. The average molecular weight is 345 g/mol. The zero-order valence-corrected chi connectivity index (χ0v) is 15.7. The van der Waals surface area contributed by atoms with E-state index in [1.54, 1.807) is 6.20 Å². The highest BCUT2D eigenvalue weighted by Gasteiger charge is 2.37. The minimum absolute atomic E-state index is 0.0127. The molecule has 136 valence electrons. The molecule has 3 heterocycles. The van der Waals surface area contributed by atoms with Crippen molar-refractivity contribution >= 4 is 11.7 Å². The summed E-state index contributed by atoms with van der Waals surface area (Å²) in [6, 6.07) is 2.13. The van der Waals surface area contributed by atoms with Crippen LogP contribution in [0, 0.1) is 13.8 Å². The van der Waals surface area contributed by atoms with Gasteiger partial charge in [0.25, 0.3) is 0 Å². The van der Waals surface area contributed by atoms with E-state index in [2.05, 4.69) is 20.5 Å². The molecular formula is C18H27N5O2. The molecule has 1 amide bonds. The molecule has 1 aliphatic rings. The van der Waals surface area contributed by atoms with Crippen molar-refractivity contribution in [3.63, 3.8) is 0 Å². The molecule has 3 rings (SSSR count). The van der Waals surface area contributed by atoms with E-state index in [0.717, 1.165) is 43.0 Å². The predicted molar refractivity (Wildman–Crippen MR) is 95.6 cm³/mol. The molecule has 2 aromatic heterocycles. The molecule has 1 N–H and O–H groups in total. The standard InChI is InChI=1S/C18H27N5O2/c1-12-16(13(2)25-21-12)18(3,4)17(24)20-14-7-6-10-23(11-14)15-8-9-19-22(15)5/h8-9,14H,6-7,10-11H2,1-5H3,(H,20,24)/t14-/m0/s1. The molecule has 1 saturated heterocycles. The Morgan fingerprint density at radius 1 is 1.40 bits per heavy atom. The molecule has 0 aromatic carbocycles. The SMILES string of the molecule is Cc1noc(C)c1C(C)(C)C(=O)N[C@H]1CCCN(c2ccnn2C)C1. The third-order valence-electron chi connectivity index (χ3n) is 5.10. The van der Waals surface area contributed by atoms with Crippen molar-refractivity contribution in [2.75, 3.05) is 18.0 Å². The minimum atomic E-state index is -0.678. The highest BCUT2D eigenvalue weighted by Crippen LogP contribution is 2.30. The van der Waals surface area contributed by atoms with Crippen LogP contribution in [-0.4, -0.2) is 40.0 Å². The monoisotopic (exact) mass is 345 g/mol. The topological polar surface area (TPSA) is 76.2 Å². The van der Waals surface area contributed by atoms with Crippen LogP contribution in [0.2, 0.25) is 0 Å². The minimum Gasteiger partial charge on any atom is -0.361 e. The van der Waals surface area contributed by atoms with Crippen LogP contribution in [0.3, 0.4) is 0 Å². The molecule has 25 heavy (non-hydrogen) atoms. The summed E-state index contributed by atoms with van der Waals surface area (Å²) in [5.74, 6) is 1.81. The van der Waals surface area contributed by atoms with Crippen LogP contribution in [0.25, 0.3) is 0 Å². The second kappa shape index (κ2) is 6.54. The van der Waals surface area contributed by atoms with Gasteiger partial charge >= 0.3 is 0 Å². The van der Waals surface area contributed by atoms with Gasteiger partial charge in [-0.05, 0) is 40.5 Å². The molecule has 0 unspecified atom stereocenters. The zero-order valence-electron chi connectivity index (χ0n) is 15.7. The van der Waals surface area contributed by atoms with Gasteiger partial charge in [-0.1, -0.05) is 5.16 Å². The van der Waals surface area contributed by atoms with Gasteiger partial charge in [-0.3, -0.25) is 9.48 Å². The van der Waals surface area contributed by atoms with Gasteiger partial charge in [-0.25, -0.2) is 0 Å². The third-order valence-corrected chi connectivity index (χ3v) is 5.10. The number of anilines is 1. The number of rotatable bonds is 4. The number of carbonyl (C=O) groups is 1. The summed E-state index contributed by atoms with van der Waals surface area (Å²) in [4.78, 5) is 15.3. The van der Waals surface area contributed by atoms with E-state index >= 15 is 0 Å². The number of amides is 1. The number of hydrogen-bond donors (Lipinski definition) is 1. The quantitative estimate of drug-likeness (QED) is 0.918. The van der Waals surface area contributed by atoms with Crippen molar-refractivity contribution in [2.24, 2.45) is 7.05 Å². The van der Waals surface area contributed by atoms with Crippen molar-refractivity contribution < 1.29 is 9.32 Å². The van der Waals surface area contributed by atoms with Crippen molar-refractivity contribution in [3.8, 4) is 0 Å². The molecule has 1 aliphatic heterocycles. The Bertz CT molecular complexity index is 742. The lowest BCUT2D eigenvalue weighted by atomic mass is 9.82. The molecule has 7 heteroatoms. The highest BCUT2D eigenvalue weighted by molar-refractivity contribution is 5.88. The van der Waals surface area contributed by atoms with Crippen molar-refractivity contribution in [3.05, 3.63) is 29.3 Å². The largest absolute Gasteiger partial charge is 0.361 e. The van der Waals surface area contributed by atoms with E-state index < -0.39 is 5.41 Å². The Hall–Kier alpha value is -2.31. The maximum atomic E-state index is 13.0. The summed E-state index contributed by atoms with van der Waals surface area (Å²) in [5, 5.41) is 11.5. The maximum absolute atomic E-state index is 13.0. The summed E-state index contributed by atoms with van der Waals surface area (Å²) in [6.45, 7) is 9.37. The number of aryl methyl sites for hydroxylation is 3. The van der Waals surface area contributed by atoms with Gasteiger partial charge in [0.05, 0.1) is 17.3 Å². The van der Waals surface area contributed by atoms with Crippen LogP contribution in [0.1, 0.15) is 43.7 Å². The van der Waals surface area contributed by atoms with E-state index in [9.17, 15) is 4.79 Å². The normalized spacial score (nSPS) is 18.4. The fourth-order valence-electron chi connectivity index (χ4n) is 3.83. The van der Waals surface area contributed by atoms with Gasteiger partial charge in [-0.15, -0.1) is 0 Å². The fourth-order valence-corrected chi connectivity index (χ4v) is 3.83. The summed E-state index contributed by atoms with van der Waals surface area (Å²) < 4.78 is 7.13. The molecule has 2 aromatic rings. The van der Waals surface area contributed by atoms with Crippen LogP contribution in [0.4, 0.5) is 5.82 Å². The second-order valence-corrected chi connectivity index (χ2v) is 7.40. The average Bonchev–Trinajstić information content (AvgIpc) is 3.13. The van der Waals surface area contributed by atoms with Crippen LogP contribution < -0.4 is 10.2 Å². The molecule has 0 spiro atoms. The molecule has 1 fully saturated rings. The van der Waals surface area contributed by atoms with Gasteiger partial charge in [-0.2, -0.15) is 5.10 Å². The summed E-state index contributed by atoms with van der Waals surface area (Å²) in [5.41, 5.74) is 0.977. The summed E-state index contributed by atoms with van der Waals surface area (Å²) in [6.07, 6.45) is 3.83. The summed E-state index contributed by atoms with van der Waals surface area (Å²) >= 11 is 0. The zero-order chi connectivity index (χ0) is 18.2. The molecule has 0 saturated carbocycles. The van der Waals surface area contributed by atoms with Crippen LogP contribution in [-0.2, 0) is 17.3 Å². The van der Waals surface area contributed by atoms with Gasteiger partial charge in [0.2, 0.25) is 5.91 Å². The molecular weight excluding hydrogens is 318 g/mol. The van der Waals surface area contributed by atoms with E-state index in [1.807, 2.05) is 45.5 Å². The first-order valence-electron chi connectivity index (χ1n) is 8.78. The van der Waals surface area contributed by atoms with Gasteiger partial charge in [0, 0.05) is 37.8 Å². The van der Waals surface area contributed by atoms with Crippen LogP contribution in [0.5, 0.6) is 0 Å². The molecule has 0 bridgehead atoms. The number of piperidine rings is 1. The van der Waals surface area contributed by atoms with E-state index in [0.29, 0.717) is 5.76 Å². The third kappa shape index (κ3) is 3.27. The number of hydrogen-bond acceptors (Lipinski definition) is 5. The number of carbonyl (C=O) groups excluding carboxylic acids is 1. The molecule has 0 radical (unpaired) electrons. The van der Waals surface area contributed by atoms with Gasteiger partial charge in [0.1, 0.15) is 11.6 Å². The lowest BCUT2D eigenvalue weighted by Gasteiger charge is -2.36. The van der Waals surface area contributed by atoms with Crippen LogP contribution >= 0.6 is 0 Å². The van der Waals surface area contributed by atoms with Gasteiger partial charge in [0.15, 0.2) is 0 Å². The highest BCUT2D eigenvalue weighted by atomic mass is 16.5. The van der Waals surface area contributed by atoms with E-state index in [4.69, 9.17) is 4.52 Å². The Morgan fingerprint density at radius 2 is 2.16 bits per heavy atom. The van der Waals surface area contributed by atoms with Crippen LogP contribution in [0.15, 0.2) is 16.8 Å². The number of aromatic nitrogens is 3. The van der Waals surface area contributed by atoms with E-state index in [-0.39, 0.29) is 11.9 Å². The Balaban J connectivity index is 1.71. The fraction of sp³-hybridized carbons (Fsp3) is 0.611. The van der Waals surface area contributed by atoms with Crippen molar-refractivity contribution in [2.45, 2.75) is 52.0 Å². The smallest absolute Gasteiger partial charge is 0.230 e. The molecule has 1 atom stereocenters. The Kier molecular flexibility index (Phi) is 4.58. The first-order valence-corrected chi connectivity index (χ1v) is 8.78. The molecule has 7 nitrogen and oxygen atoms in total. The first-order chi connectivity index (χ1) is 11.8. The summed E-state index contributed by atoms with van der Waals surface area (Å²) in [7, 11) is 1.94. The lowest BCUT2D eigenvalue weighted by Crippen LogP contribution is -2.52. The first kappa shape index (κ1) is 17.5. The number of nitrogens with zero attached hydrogens (tertiary/aromatic N) is 4. The van der Waals surface area contributed by atoms with E-state index in [1.165, 1.54) is 0 Å². The van der Waals surface area contributed by atoms with Crippen molar-refractivity contribution in [1.29, 1.82) is 0 Å². The van der Waals surface area contributed by atoms with Crippen molar-refractivity contribution in [1.82, 2.24) is 20.3 Å². The molecule has 0 aliphatic carbocycles. The predicted octanol–water partition coefficient (Wildman–Crippen LogP) is 2.09. The number of nitrogens with one attached hydrogen (secondary N) is 1. The Morgan fingerprint density at radius 3 is 2.76 bits per heavy atom.